The third-order valence-electron chi connectivity index (χ3n) is 4.28. The van der Waals surface area contributed by atoms with Gasteiger partial charge in [0.1, 0.15) is 5.82 Å². The smallest absolute Gasteiger partial charge is 0.287 e. The van der Waals surface area contributed by atoms with Gasteiger partial charge in [0.05, 0.1) is 0 Å². The van der Waals surface area contributed by atoms with E-state index >= 15 is 0 Å². The molecule has 1 amide bonds. The highest BCUT2D eigenvalue weighted by atomic mass is 32.2. The molecule has 0 saturated carbocycles. The van der Waals surface area contributed by atoms with Crippen molar-refractivity contribution in [1.29, 1.82) is 0 Å². The van der Waals surface area contributed by atoms with Crippen molar-refractivity contribution in [2.24, 2.45) is 0 Å². The largest absolute Gasteiger partial charge is 0.445 e. The molecule has 0 unspecified atom stereocenters. The SMILES string of the molecule is CSc1ccc(C(=O)NC2CCN(Cc3ccccc3F)CC2)o1. The van der Waals surface area contributed by atoms with Crippen molar-refractivity contribution in [2.45, 2.75) is 30.5 Å². The van der Waals surface area contributed by atoms with Crippen LogP contribution in [0.2, 0.25) is 0 Å². The fourth-order valence-corrected chi connectivity index (χ4v) is 3.29. The van der Waals surface area contributed by atoms with Crippen LogP contribution in [0, 0.1) is 5.82 Å². The predicted molar refractivity (Wildman–Crippen MR) is 92.7 cm³/mol. The summed E-state index contributed by atoms with van der Waals surface area (Å²) in [5.41, 5.74) is 0.722. The van der Waals surface area contributed by atoms with Crippen molar-refractivity contribution in [3.63, 3.8) is 0 Å². The van der Waals surface area contributed by atoms with Crippen LogP contribution in [0.4, 0.5) is 4.39 Å². The molecule has 24 heavy (non-hydrogen) atoms. The van der Waals surface area contributed by atoms with E-state index in [4.69, 9.17) is 4.42 Å². The molecule has 2 aromatic rings. The summed E-state index contributed by atoms with van der Waals surface area (Å²) in [5, 5.41) is 3.76. The minimum absolute atomic E-state index is 0.136. The Morgan fingerprint density at radius 3 is 2.71 bits per heavy atom. The fraction of sp³-hybridized carbons (Fsp3) is 0.389. The first-order valence-corrected chi connectivity index (χ1v) is 9.28. The van der Waals surface area contributed by atoms with E-state index in [9.17, 15) is 9.18 Å². The normalized spacial score (nSPS) is 16.2. The van der Waals surface area contributed by atoms with Crippen LogP contribution in [0.5, 0.6) is 0 Å². The van der Waals surface area contributed by atoms with Crippen molar-refractivity contribution in [2.75, 3.05) is 19.3 Å². The van der Waals surface area contributed by atoms with Gasteiger partial charge < -0.3 is 9.73 Å². The van der Waals surface area contributed by atoms with E-state index in [0.717, 1.165) is 36.6 Å². The number of nitrogens with one attached hydrogen (secondary N) is 1. The number of piperidine rings is 1. The van der Waals surface area contributed by atoms with E-state index in [1.54, 1.807) is 18.2 Å². The van der Waals surface area contributed by atoms with Gasteiger partial charge in [0.15, 0.2) is 10.9 Å². The van der Waals surface area contributed by atoms with Gasteiger partial charge in [0, 0.05) is 31.2 Å². The second-order valence-electron chi connectivity index (χ2n) is 5.94. The molecule has 0 aliphatic carbocycles. The molecule has 0 bridgehead atoms. The third-order valence-corrected chi connectivity index (χ3v) is 4.90. The lowest BCUT2D eigenvalue weighted by atomic mass is 10.0. The molecule has 1 aliphatic heterocycles. The number of hydrogen-bond donors (Lipinski definition) is 1. The number of halogens is 1. The lowest BCUT2D eigenvalue weighted by Crippen LogP contribution is -2.44. The second kappa shape index (κ2) is 7.85. The van der Waals surface area contributed by atoms with E-state index in [1.807, 2.05) is 18.4 Å². The summed E-state index contributed by atoms with van der Waals surface area (Å²) in [6.07, 6.45) is 3.62. The number of thioether (sulfide) groups is 1. The zero-order chi connectivity index (χ0) is 16.9. The molecule has 1 fully saturated rings. The summed E-state index contributed by atoms with van der Waals surface area (Å²) in [6.45, 7) is 2.30. The minimum atomic E-state index is -0.164. The van der Waals surface area contributed by atoms with Gasteiger partial charge in [-0.05, 0) is 37.3 Å². The molecule has 1 aliphatic rings. The van der Waals surface area contributed by atoms with E-state index in [1.165, 1.54) is 17.8 Å². The van der Waals surface area contributed by atoms with Gasteiger partial charge in [0.2, 0.25) is 0 Å². The van der Waals surface area contributed by atoms with Gasteiger partial charge in [-0.3, -0.25) is 9.69 Å². The number of amides is 1. The maximum Gasteiger partial charge on any atom is 0.287 e. The number of nitrogens with zero attached hydrogens (tertiary/aromatic N) is 1. The number of furan rings is 1. The molecule has 3 rings (SSSR count). The first-order valence-electron chi connectivity index (χ1n) is 8.06. The third kappa shape index (κ3) is 4.19. The first-order chi connectivity index (χ1) is 11.7. The molecule has 4 nitrogen and oxygen atoms in total. The predicted octanol–water partition coefficient (Wildman–Crippen LogP) is 3.54. The Labute approximate surface area is 145 Å². The van der Waals surface area contributed by atoms with Gasteiger partial charge in [-0.1, -0.05) is 30.0 Å². The monoisotopic (exact) mass is 348 g/mol. The van der Waals surface area contributed by atoms with Crippen molar-refractivity contribution in [3.8, 4) is 0 Å². The van der Waals surface area contributed by atoms with Gasteiger partial charge in [-0.15, -0.1) is 0 Å². The Hall–Kier alpha value is -1.79. The molecular formula is C18H21FN2O2S. The highest BCUT2D eigenvalue weighted by Crippen LogP contribution is 2.19. The Bertz CT molecular complexity index is 696. The molecule has 1 aromatic heterocycles. The van der Waals surface area contributed by atoms with E-state index in [2.05, 4.69) is 10.2 Å². The highest BCUT2D eigenvalue weighted by Gasteiger charge is 2.22. The molecular weight excluding hydrogens is 327 g/mol. The maximum absolute atomic E-state index is 13.7. The zero-order valence-corrected chi connectivity index (χ0v) is 14.4. The molecule has 1 aromatic carbocycles. The topological polar surface area (TPSA) is 45.5 Å². The summed E-state index contributed by atoms with van der Waals surface area (Å²) in [4.78, 5) is 14.4. The van der Waals surface area contributed by atoms with E-state index < -0.39 is 0 Å². The molecule has 128 valence electrons. The Balaban J connectivity index is 1.48. The molecule has 0 spiro atoms. The summed E-state index contributed by atoms with van der Waals surface area (Å²) in [7, 11) is 0. The van der Waals surface area contributed by atoms with Gasteiger partial charge in [0.25, 0.3) is 5.91 Å². The van der Waals surface area contributed by atoms with Gasteiger partial charge >= 0.3 is 0 Å². The minimum Gasteiger partial charge on any atom is -0.445 e. The maximum atomic E-state index is 13.7. The van der Waals surface area contributed by atoms with Crippen molar-refractivity contribution < 1.29 is 13.6 Å². The lowest BCUT2D eigenvalue weighted by Gasteiger charge is -2.32. The molecule has 6 heteroatoms. The average molecular weight is 348 g/mol. The van der Waals surface area contributed by atoms with Gasteiger partial charge in [-0.25, -0.2) is 4.39 Å². The molecule has 0 atom stereocenters. The first kappa shape index (κ1) is 17.0. The van der Waals surface area contributed by atoms with Crippen LogP contribution >= 0.6 is 11.8 Å². The van der Waals surface area contributed by atoms with Crippen molar-refractivity contribution in [3.05, 3.63) is 53.5 Å². The molecule has 1 N–H and O–H groups in total. The average Bonchev–Trinajstić information content (AvgIpc) is 3.08. The summed E-state index contributed by atoms with van der Waals surface area (Å²) in [6, 6.07) is 10.5. The van der Waals surface area contributed by atoms with Crippen LogP contribution in [0.1, 0.15) is 29.0 Å². The lowest BCUT2D eigenvalue weighted by molar-refractivity contribution is 0.0876. The van der Waals surface area contributed by atoms with Crippen LogP contribution in [-0.2, 0) is 6.54 Å². The Kier molecular flexibility index (Phi) is 5.58. The Morgan fingerprint density at radius 2 is 2.04 bits per heavy atom. The number of carbonyl (C=O) groups is 1. The zero-order valence-electron chi connectivity index (χ0n) is 13.6. The van der Waals surface area contributed by atoms with E-state index in [0.29, 0.717) is 12.3 Å². The second-order valence-corrected chi connectivity index (χ2v) is 6.75. The highest BCUT2D eigenvalue weighted by molar-refractivity contribution is 7.98. The number of benzene rings is 1. The van der Waals surface area contributed by atoms with Crippen molar-refractivity contribution >= 4 is 17.7 Å². The van der Waals surface area contributed by atoms with Crippen LogP contribution in [0.15, 0.2) is 45.9 Å². The molecule has 2 heterocycles. The number of likely N-dealkylation sites (tertiary alicyclic amines) is 1. The van der Waals surface area contributed by atoms with Gasteiger partial charge in [-0.2, -0.15) is 0 Å². The Morgan fingerprint density at radius 1 is 1.29 bits per heavy atom. The number of rotatable bonds is 5. The van der Waals surface area contributed by atoms with Crippen LogP contribution in [0.25, 0.3) is 0 Å². The summed E-state index contributed by atoms with van der Waals surface area (Å²) < 4.78 is 19.2. The van der Waals surface area contributed by atoms with Crippen LogP contribution in [0.3, 0.4) is 0 Å². The van der Waals surface area contributed by atoms with Crippen LogP contribution < -0.4 is 5.32 Å². The van der Waals surface area contributed by atoms with Crippen molar-refractivity contribution in [1.82, 2.24) is 10.2 Å². The molecule has 0 radical (unpaired) electrons. The summed E-state index contributed by atoms with van der Waals surface area (Å²) in [5.74, 6) is 0.0336. The van der Waals surface area contributed by atoms with Crippen LogP contribution in [-0.4, -0.2) is 36.2 Å². The quantitative estimate of drug-likeness (QED) is 0.840. The standard InChI is InChI=1S/C18H21FN2O2S/c1-24-17-7-6-16(23-17)18(22)20-14-8-10-21(11-9-14)12-13-4-2-3-5-15(13)19/h2-7,14H,8-12H2,1H3,(H,20,22). The number of hydrogen-bond acceptors (Lipinski definition) is 4. The fourth-order valence-electron chi connectivity index (χ4n) is 2.91. The molecule has 1 saturated heterocycles. The number of carbonyl (C=O) groups excluding carboxylic acids is 1. The van der Waals surface area contributed by atoms with E-state index in [-0.39, 0.29) is 17.8 Å². The summed E-state index contributed by atoms with van der Waals surface area (Å²) >= 11 is 1.47.